The van der Waals surface area contributed by atoms with Crippen molar-refractivity contribution in [2.45, 2.75) is 19.0 Å². The average Bonchev–Trinajstić information content (AvgIpc) is 2.54. The van der Waals surface area contributed by atoms with E-state index < -0.39 is 11.7 Å². The molecule has 2 rings (SSSR count). The van der Waals surface area contributed by atoms with Crippen molar-refractivity contribution in [1.82, 2.24) is 5.32 Å². The Labute approximate surface area is 149 Å². The van der Waals surface area contributed by atoms with Gasteiger partial charge in [-0.2, -0.15) is 13.2 Å². The molecule has 2 aromatic carbocycles. The van der Waals surface area contributed by atoms with Crippen molar-refractivity contribution in [2.24, 2.45) is 0 Å². The van der Waals surface area contributed by atoms with Gasteiger partial charge in [-0.25, -0.2) is 0 Å². The lowest BCUT2D eigenvalue weighted by Crippen LogP contribution is -2.27. The molecule has 25 heavy (non-hydrogen) atoms. The van der Waals surface area contributed by atoms with Crippen LogP contribution in [0.5, 0.6) is 0 Å². The van der Waals surface area contributed by atoms with Crippen molar-refractivity contribution >= 4 is 23.2 Å². The van der Waals surface area contributed by atoms with Gasteiger partial charge < -0.3 is 10.6 Å². The first kappa shape index (κ1) is 19.1. The quantitative estimate of drug-likeness (QED) is 0.752. The zero-order valence-corrected chi connectivity index (χ0v) is 14.1. The Morgan fingerprint density at radius 1 is 1.04 bits per heavy atom. The number of rotatable bonds is 7. The molecule has 0 radical (unpaired) electrons. The van der Waals surface area contributed by atoms with E-state index in [1.54, 1.807) is 6.07 Å². The van der Waals surface area contributed by atoms with Gasteiger partial charge in [-0.1, -0.05) is 35.9 Å². The number of benzene rings is 2. The van der Waals surface area contributed by atoms with Crippen LogP contribution in [0.4, 0.5) is 18.9 Å². The van der Waals surface area contributed by atoms with Gasteiger partial charge in [-0.05, 0) is 36.2 Å². The van der Waals surface area contributed by atoms with Crippen molar-refractivity contribution in [3.05, 3.63) is 64.7 Å². The third-order valence-electron chi connectivity index (χ3n) is 3.52. The summed E-state index contributed by atoms with van der Waals surface area (Å²) >= 11 is 5.88. The van der Waals surface area contributed by atoms with Crippen molar-refractivity contribution in [1.29, 1.82) is 0 Å². The van der Waals surface area contributed by atoms with E-state index in [0.29, 0.717) is 18.0 Å². The zero-order chi connectivity index (χ0) is 18.3. The van der Waals surface area contributed by atoms with Crippen LogP contribution >= 0.6 is 11.6 Å². The first-order valence-corrected chi connectivity index (χ1v) is 8.15. The van der Waals surface area contributed by atoms with Gasteiger partial charge in [-0.15, -0.1) is 0 Å². The van der Waals surface area contributed by atoms with Crippen LogP contribution in [0.3, 0.4) is 0 Å². The minimum absolute atomic E-state index is 0.0262. The van der Waals surface area contributed by atoms with Gasteiger partial charge in [0.1, 0.15) is 0 Å². The third-order valence-corrected chi connectivity index (χ3v) is 3.76. The normalized spacial score (nSPS) is 11.2. The third kappa shape index (κ3) is 6.31. The van der Waals surface area contributed by atoms with Crippen LogP contribution < -0.4 is 10.6 Å². The van der Waals surface area contributed by atoms with E-state index in [-0.39, 0.29) is 24.6 Å². The van der Waals surface area contributed by atoms with Gasteiger partial charge in [-0.3, -0.25) is 4.79 Å². The van der Waals surface area contributed by atoms with Gasteiger partial charge in [0, 0.05) is 30.2 Å². The van der Waals surface area contributed by atoms with Crippen LogP contribution in [-0.2, 0) is 17.4 Å². The number of hydrogen-bond acceptors (Lipinski definition) is 2. The number of anilines is 1. The number of amides is 1. The first-order chi connectivity index (χ1) is 11.9. The Morgan fingerprint density at radius 3 is 2.52 bits per heavy atom. The number of nitrogens with one attached hydrogen (secondary N) is 2. The highest BCUT2D eigenvalue weighted by Gasteiger charge is 2.32. The smallest absolute Gasteiger partial charge is 0.384 e. The molecule has 0 aliphatic heterocycles. The van der Waals surface area contributed by atoms with Crippen LogP contribution in [0.2, 0.25) is 5.02 Å². The second-order valence-corrected chi connectivity index (χ2v) is 5.89. The molecule has 0 aliphatic rings. The van der Waals surface area contributed by atoms with Gasteiger partial charge >= 0.3 is 6.18 Å². The maximum atomic E-state index is 12.9. The Hall–Kier alpha value is -2.21. The van der Waals surface area contributed by atoms with Crippen molar-refractivity contribution < 1.29 is 18.0 Å². The molecule has 0 aliphatic carbocycles. The molecule has 0 atom stereocenters. The maximum absolute atomic E-state index is 12.9. The van der Waals surface area contributed by atoms with E-state index in [9.17, 15) is 18.0 Å². The molecule has 0 heterocycles. The van der Waals surface area contributed by atoms with Crippen LogP contribution in [0.15, 0.2) is 48.5 Å². The monoisotopic (exact) mass is 370 g/mol. The Kier molecular flexibility index (Phi) is 6.70. The lowest BCUT2D eigenvalue weighted by atomic mass is 10.1. The van der Waals surface area contributed by atoms with E-state index in [0.717, 1.165) is 11.6 Å². The summed E-state index contributed by atoms with van der Waals surface area (Å²) in [6.45, 7) is 0.564. The number of para-hydroxylation sites is 1. The predicted octanol–water partition coefficient (Wildman–Crippen LogP) is 4.52. The average molecular weight is 371 g/mol. The van der Waals surface area contributed by atoms with Gasteiger partial charge in [0.15, 0.2) is 0 Å². The highest BCUT2D eigenvalue weighted by molar-refractivity contribution is 6.30. The molecule has 2 aromatic rings. The molecule has 1 amide bonds. The minimum Gasteiger partial charge on any atom is -0.384 e. The van der Waals surface area contributed by atoms with Crippen molar-refractivity contribution in [3.8, 4) is 0 Å². The van der Waals surface area contributed by atoms with Gasteiger partial charge in [0.25, 0.3) is 0 Å². The Morgan fingerprint density at radius 2 is 1.80 bits per heavy atom. The number of hydrogen-bond donors (Lipinski definition) is 2. The summed E-state index contributed by atoms with van der Waals surface area (Å²) in [6, 6.07) is 12.5. The summed E-state index contributed by atoms with van der Waals surface area (Å²) in [4.78, 5) is 11.8. The molecule has 0 saturated heterocycles. The SMILES string of the molecule is O=C(CCNc1ccccc1C(F)(F)F)NCCc1cccc(Cl)c1. The van der Waals surface area contributed by atoms with Crippen molar-refractivity contribution in [3.63, 3.8) is 0 Å². The summed E-state index contributed by atoms with van der Waals surface area (Å²) in [6.07, 6.45) is -3.71. The summed E-state index contributed by atoms with van der Waals surface area (Å²) in [7, 11) is 0. The summed E-state index contributed by atoms with van der Waals surface area (Å²) < 4.78 is 38.6. The molecular weight excluding hydrogens is 353 g/mol. The van der Waals surface area contributed by atoms with Crippen LogP contribution in [-0.4, -0.2) is 19.0 Å². The number of halogens is 4. The summed E-state index contributed by atoms with van der Waals surface area (Å²) in [5, 5.41) is 6.04. The molecule has 0 bridgehead atoms. The fourth-order valence-corrected chi connectivity index (χ4v) is 2.54. The highest BCUT2D eigenvalue weighted by atomic mass is 35.5. The van der Waals surface area contributed by atoms with Gasteiger partial charge in [0.2, 0.25) is 5.91 Å². The van der Waals surface area contributed by atoms with E-state index in [1.165, 1.54) is 18.2 Å². The van der Waals surface area contributed by atoms with E-state index in [4.69, 9.17) is 11.6 Å². The standard InChI is InChI=1S/C18H18ClF3N2O/c19-14-5-3-4-13(12-14)8-10-24-17(25)9-11-23-16-7-2-1-6-15(16)18(20,21)22/h1-7,12,23H,8-11H2,(H,24,25). The molecule has 2 N–H and O–H groups in total. The predicted molar refractivity (Wildman–Crippen MR) is 92.7 cm³/mol. The van der Waals surface area contributed by atoms with E-state index in [2.05, 4.69) is 10.6 Å². The van der Waals surface area contributed by atoms with E-state index in [1.807, 2.05) is 18.2 Å². The number of alkyl halides is 3. The topological polar surface area (TPSA) is 41.1 Å². The molecule has 0 aromatic heterocycles. The molecule has 0 unspecified atom stereocenters. The Balaban J connectivity index is 1.74. The second-order valence-electron chi connectivity index (χ2n) is 5.45. The van der Waals surface area contributed by atoms with Crippen molar-refractivity contribution in [2.75, 3.05) is 18.4 Å². The highest BCUT2D eigenvalue weighted by Crippen LogP contribution is 2.34. The van der Waals surface area contributed by atoms with Gasteiger partial charge in [0.05, 0.1) is 5.56 Å². The largest absolute Gasteiger partial charge is 0.418 e. The molecule has 0 spiro atoms. The number of carbonyl (C=O) groups excluding carboxylic acids is 1. The molecule has 0 saturated carbocycles. The first-order valence-electron chi connectivity index (χ1n) is 7.77. The van der Waals surface area contributed by atoms with Crippen LogP contribution in [0.25, 0.3) is 0 Å². The zero-order valence-electron chi connectivity index (χ0n) is 13.4. The lowest BCUT2D eigenvalue weighted by Gasteiger charge is -2.14. The molecule has 134 valence electrons. The lowest BCUT2D eigenvalue weighted by molar-refractivity contribution is -0.137. The molecular formula is C18H18ClF3N2O. The maximum Gasteiger partial charge on any atom is 0.418 e. The van der Waals surface area contributed by atoms with Crippen LogP contribution in [0.1, 0.15) is 17.5 Å². The summed E-state index contributed by atoms with van der Waals surface area (Å²) in [5.74, 6) is -0.223. The molecule has 0 fully saturated rings. The summed E-state index contributed by atoms with van der Waals surface area (Å²) in [5.41, 5.74) is 0.239. The van der Waals surface area contributed by atoms with E-state index >= 15 is 0 Å². The minimum atomic E-state index is -4.43. The second kappa shape index (κ2) is 8.76. The van der Waals surface area contributed by atoms with Crippen LogP contribution in [0, 0.1) is 0 Å². The fraction of sp³-hybridized carbons (Fsp3) is 0.278. The fourth-order valence-electron chi connectivity index (χ4n) is 2.32. The Bertz CT molecular complexity index is 719. The molecule has 3 nitrogen and oxygen atoms in total. The molecule has 7 heteroatoms. The number of carbonyl (C=O) groups is 1.